The van der Waals surface area contributed by atoms with E-state index in [1.807, 2.05) is 48.7 Å². The highest BCUT2D eigenvalue weighted by Crippen LogP contribution is 2.28. The van der Waals surface area contributed by atoms with Gasteiger partial charge < -0.3 is 0 Å². The molecule has 1 unspecified atom stereocenters. The second kappa shape index (κ2) is 5.23. The lowest BCUT2D eigenvalue weighted by Crippen LogP contribution is -2.02. The molecule has 1 heterocycles. The number of alkyl halides is 1. The fourth-order valence-corrected chi connectivity index (χ4v) is 2.61. The van der Waals surface area contributed by atoms with Crippen LogP contribution in [0.1, 0.15) is 29.3 Å². The number of hydrogen-bond donors (Lipinski definition) is 0. The van der Waals surface area contributed by atoms with E-state index in [0.717, 1.165) is 28.1 Å². The van der Waals surface area contributed by atoms with Crippen LogP contribution in [0.2, 0.25) is 0 Å². The van der Waals surface area contributed by atoms with Crippen LogP contribution in [0.15, 0.2) is 42.5 Å². The fraction of sp³-hybridized carbons (Fsp3) is 0.176. The SMILES string of the molecule is Cc1ccc2c(c1)nc(C(C)Cl)n2-c1cccc(C#N)c1. The minimum absolute atomic E-state index is 0.219. The first kappa shape index (κ1) is 13.7. The normalized spacial score (nSPS) is 12.3. The van der Waals surface area contributed by atoms with Crippen LogP contribution in [0, 0.1) is 18.3 Å². The lowest BCUT2D eigenvalue weighted by Gasteiger charge is -2.10. The first-order valence-corrected chi connectivity index (χ1v) is 7.17. The number of hydrogen-bond acceptors (Lipinski definition) is 2. The predicted molar refractivity (Wildman–Crippen MR) is 84.8 cm³/mol. The summed E-state index contributed by atoms with van der Waals surface area (Å²) >= 11 is 6.29. The van der Waals surface area contributed by atoms with Crippen LogP contribution >= 0.6 is 11.6 Å². The van der Waals surface area contributed by atoms with Crippen molar-refractivity contribution < 1.29 is 0 Å². The molecule has 0 N–H and O–H groups in total. The molecular weight excluding hydrogens is 282 g/mol. The Hall–Kier alpha value is -2.31. The van der Waals surface area contributed by atoms with Crippen LogP contribution in [0.25, 0.3) is 16.7 Å². The summed E-state index contributed by atoms with van der Waals surface area (Å²) in [6.07, 6.45) is 0. The summed E-state index contributed by atoms with van der Waals surface area (Å²) in [4.78, 5) is 4.65. The molecule has 0 fully saturated rings. The lowest BCUT2D eigenvalue weighted by molar-refractivity contribution is 0.882. The quantitative estimate of drug-likeness (QED) is 0.653. The highest BCUT2D eigenvalue weighted by molar-refractivity contribution is 6.20. The van der Waals surface area contributed by atoms with Crippen molar-refractivity contribution in [3.63, 3.8) is 0 Å². The van der Waals surface area contributed by atoms with Crippen molar-refractivity contribution in [1.29, 1.82) is 5.26 Å². The number of halogens is 1. The Morgan fingerprint density at radius 2 is 2.05 bits per heavy atom. The third kappa shape index (κ3) is 2.39. The number of benzene rings is 2. The maximum atomic E-state index is 9.09. The van der Waals surface area contributed by atoms with E-state index in [2.05, 4.69) is 17.1 Å². The van der Waals surface area contributed by atoms with E-state index in [-0.39, 0.29) is 5.38 Å². The molecule has 3 aromatic rings. The summed E-state index contributed by atoms with van der Waals surface area (Å²) < 4.78 is 2.02. The average molecular weight is 296 g/mol. The zero-order chi connectivity index (χ0) is 15.0. The van der Waals surface area contributed by atoms with Gasteiger partial charge in [0.1, 0.15) is 5.82 Å². The monoisotopic (exact) mass is 295 g/mol. The Balaban J connectivity index is 2.34. The van der Waals surface area contributed by atoms with E-state index >= 15 is 0 Å². The maximum absolute atomic E-state index is 9.09. The van der Waals surface area contributed by atoms with E-state index < -0.39 is 0 Å². The highest BCUT2D eigenvalue weighted by atomic mass is 35.5. The summed E-state index contributed by atoms with van der Waals surface area (Å²) in [5, 5.41) is 8.87. The molecule has 104 valence electrons. The first-order valence-electron chi connectivity index (χ1n) is 6.74. The number of nitrogens with zero attached hydrogens (tertiary/aromatic N) is 3. The fourth-order valence-electron chi connectivity index (χ4n) is 2.46. The molecule has 0 radical (unpaired) electrons. The van der Waals surface area contributed by atoms with Gasteiger partial charge in [0.2, 0.25) is 0 Å². The number of imidazole rings is 1. The smallest absolute Gasteiger partial charge is 0.132 e. The van der Waals surface area contributed by atoms with Crippen LogP contribution in [-0.4, -0.2) is 9.55 Å². The van der Waals surface area contributed by atoms with Crippen LogP contribution in [-0.2, 0) is 0 Å². The van der Waals surface area contributed by atoms with Gasteiger partial charge in [-0.25, -0.2) is 4.98 Å². The summed E-state index contributed by atoms with van der Waals surface area (Å²) in [6, 6.07) is 15.8. The van der Waals surface area contributed by atoms with Gasteiger partial charge in [0.05, 0.1) is 28.0 Å². The molecule has 0 aliphatic heterocycles. The first-order chi connectivity index (χ1) is 10.1. The van der Waals surface area contributed by atoms with Gasteiger partial charge in [-0.05, 0) is 49.7 Å². The second-order valence-electron chi connectivity index (χ2n) is 5.08. The highest BCUT2D eigenvalue weighted by Gasteiger charge is 2.16. The van der Waals surface area contributed by atoms with Gasteiger partial charge in [0.25, 0.3) is 0 Å². The number of rotatable bonds is 2. The number of aromatic nitrogens is 2. The van der Waals surface area contributed by atoms with Crippen LogP contribution < -0.4 is 0 Å². The molecule has 0 aliphatic rings. The van der Waals surface area contributed by atoms with Crippen molar-refractivity contribution in [3.8, 4) is 11.8 Å². The largest absolute Gasteiger partial charge is 0.295 e. The molecule has 3 rings (SSSR count). The number of aryl methyl sites for hydroxylation is 1. The molecule has 1 aromatic heterocycles. The Bertz CT molecular complexity index is 856. The van der Waals surface area contributed by atoms with Gasteiger partial charge in [0.15, 0.2) is 0 Å². The van der Waals surface area contributed by atoms with Crippen LogP contribution in [0.4, 0.5) is 0 Å². The predicted octanol–water partition coefficient (Wildman–Crippen LogP) is 4.51. The van der Waals surface area contributed by atoms with Gasteiger partial charge in [0, 0.05) is 5.69 Å². The molecular formula is C17H14ClN3. The minimum Gasteiger partial charge on any atom is -0.295 e. The maximum Gasteiger partial charge on any atom is 0.132 e. The molecule has 0 aliphatic carbocycles. The molecule has 0 amide bonds. The molecule has 0 bridgehead atoms. The van der Waals surface area contributed by atoms with E-state index in [0.29, 0.717) is 5.56 Å². The van der Waals surface area contributed by atoms with E-state index in [4.69, 9.17) is 16.9 Å². The molecule has 4 heteroatoms. The number of fused-ring (bicyclic) bond motifs is 1. The molecule has 0 saturated carbocycles. The van der Waals surface area contributed by atoms with Gasteiger partial charge in [-0.3, -0.25) is 4.57 Å². The average Bonchev–Trinajstić information content (AvgIpc) is 2.86. The van der Waals surface area contributed by atoms with Gasteiger partial charge in [-0.15, -0.1) is 11.6 Å². The van der Waals surface area contributed by atoms with Crippen LogP contribution in [0.5, 0.6) is 0 Å². The van der Waals surface area contributed by atoms with E-state index in [1.165, 1.54) is 0 Å². The summed E-state index contributed by atoms with van der Waals surface area (Å²) in [7, 11) is 0. The Kier molecular flexibility index (Phi) is 3.40. The summed E-state index contributed by atoms with van der Waals surface area (Å²) in [5.74, 6) is 0.785. The zero-order valence-electron chi connectivity index (χ0n) is 11.8. The van der Waals surface area contributed by atoms with Gasteiger partial charge >= 0.3 is 0 Å². The summed E-state index contributed by atoms with van der Waals surface area (Å²) in [6.45, 7) is 3.94. The topological polar surface area (TPSA) is 41.6 Å². The Morgan fingerprint density at radius 3 is 2.76 bits per heavy atom. The third-order valence-corrected chi connectivity index (χ3v) is 3.62. The lowest BCUT2D eigenvalue weighted by atomic mass is 10.2. The standard InChI is InChI=1S/C17H14ClN3/c1-11-6-7-16-15(8-11)20-17(12(2)18)21(16)14-5-3-4-13(9-14)10-19/h3-9,12H,1-2H3. The van der Waals surface area contributed by atoms with Crippen molar-refractivity contribution in [2.24, 2.45) is 0 Å². The zero-order valence-corrected chi connectivity index (χ0v) is 12.6. The van der Waals surface area contributed by atoms with Crippen molar-refractivity contribution in [1.82, 2.24) is 9.55 Å². The van der Waals surface area contributed by atoms with Crippen molar-refractivity contribution in [2.75, 3.05) is 0 Å². The molecule has 2 aromatic carbocycles. The van der Waals surface area contributed by atoms with E-state index in [9.17, 15) is 0 Å². The summed E-state index contributed by atoms with van der Waals surface area (Å²) in [5.41, 5.74) is 4.60. The van der Waals surface area contributed by atoms with Crippen molar-refractivity contribution in [3.05, 3.63) is 59.4 Å². The Morgan fingerprint density at radius 1 is 1.24 bits per heavy atom. The van der Waals surface area contributed by atoms with Crippen molar-refractivity contribution >= 4 is 22.6 Å². The molecule has 0 saturated heterocycles. The Labute approximate surface area is 128 Å². The van der Waals surface area contributed by atoms with Crippen molar-refractivity contribution in [2.45, 2.75) is 19.2 Å². The van der Waals surface area contributed by atoms with E-state index in [1.54, 1.807) is 6.07 Å². The number of nitriles is 1. The molecule has 1 atom stereocenters. The molecule has 3 nitrogen and oxygen atoms in total. The molecule has 0 spiro atoms. The van der Waals surface area contributed by atoms with Crippen LogP contribution in [0.3, 0.4) is 0 Å². The minimum atomic E-state index is -0.219. The second-order valence-corrected chi connectivity index (χ2v) is 5.73. The van der Waals surface area contributed by atoms with Gasteiger partial charge in [-0.2, -0.15) is 5.26 Å². The third-order valence-electron chi connectivity index (χ3n) is 3.43. The van der Waals surface area contributed by atoms with Gasteiger partial charge in [-0.1, -0.05) is 12.1 Å². The molecule has 21 heavy (non-hydrogen) atoms.